The molecule has 0 saturated carbocycles. The summed E-state index contributed by atoms with van der Waals surface area (Å²) < 4.78 is 0. The molecule has 0 fully saturated rings. The van der Waals surface area contributed by atoms with E-state index in [2.05, 4.69) is 16.9 Å². The first-order valence-corrected chi connectivity index (χ1v) is 6.12. The molecule has 0 radical (unpaired) electrons. The van der Waals surface area contributed by atoms with Crippen molar-refractivity contribution in [3.05, 3.63) is 47.1 Å². The summed E-state index contributed by atoms with van der Waals surface area (Å²) in [6.45, 7) is 5.82. The van der Waals surface area contributed by atoms with E-state index in [1.165, 1.54) is 0 Å². The minimum absolute atomic E-state index is 0.0512. The first-order chi connectivity index (χ1) is 8.58. The van der Waals surface area contributed by atoms with Crippen molar-refractivity contribution in [2.24, 2.45) is 0 Å². The quantitative estimate of drug-likeness (QED) is 0.874. The third kappa shape index (κ3) is 2.74. The number of aromatic nitrogens is 1. The Morgan fingerprint density at radius 3 is 2.89 bits per heavy atom. The molecule has 0 atom stereocenters. The number of nitrogens with one attached hydrogen (secondary N) is 2. The zero-order valence-corrected chi connectivity index (χ0v) is 11.0. The Morgan fingerprint density at radius 1 is 1.44 bits per heavy atom. The molecule has 0 bridgehead atoms. The highest BCUT2D eigenvalue weighted by Gasteiger charge is 2.11. The maximum Gasteiger partial charge on any atom is 0.224 e. The Morgan fingerprint density at radius 2 is 2.17 bits per heavy atom. The molecule has 0 spiro atoms. The molecule has 1 aromatic heterocycles. The molecule has 0 aliphatic carbocycles. The van der Waals surface area contributed by atoms with Gasteiger partial charge in [0.1, 0.15) is 0 Å². The number of aromatic amines is 1. The van der Waals surface area contributed by atoms with E-state index in [0.717, 1.165) is 22.2 Å². The smallest absolute Gasteiger partial charge is 0.224 e. The van der Waals surface area contributed by atoms with Gasteiger partial charge in [-0.1, -0.05) is 36.4 Å². The number of carbonyl (C=O) groups excluding carboxylic acids is 1. The molecule has 18 heavy (non-hydrogen) atoms. The van der Waals surface area contributed by atoms with Crippen molar-refractivity contribution in [2.75, 3.05) is 6.54 Å². The van der Waals surface area contributed by atoms with E-state index < -0.39 is 0 Å². The van der Waals surface area contributed by atoms with Gasteiger partial charge in [-0.05, 0) is 18.6 Å². The molecule has 1 amide bonds. The molecule has 1 heterocycles. The Kier molecular flexibility index (Phi) is 3.72. The van der Waals surface area contributed by atoms with E-state index >= 15 is 0 Å². The van der Waals surface area contributed by atoms with E-state index in [1.54, 1.807) is 0 Å². The van der Waals surface area contributed by atoms with E-state index in [1.807, 2.05) is 31.2 Å². The van der Waals surface area contributed by atoms with Gasteiger partial charge >= 0.3 is 0 Å². The summed E-state index contributed by atoms with van der Waals surface area (Å²) in [5.41, 5.74) is 3.11. The van der Waals surface area contributed by atoms with Crippen LogP contribution in [-0.2, 0) is 11.2 Å². The van der Waals surface area contributed by atoms with Crippen molar-refractivity contribution in [1.82, 2.24) is 10.3 Å². The zero-order valence-electron chi connectivity index (χ0n) is 10.2. The molecule has 0 aliphatic heterocycles. The van der Waals surface area contributed by atoms with Crippen molar-refractivity contribution < 1.29 is 4.79 Å². The maximum absolute atomic E-state index is 11.8. The van der Waals surface area contributed by atoms with Gasteiger partial charge in [0.15, 0.2) is 0 Å². The molecule has 94 valence electrons. The van der Waals surface area contributed by atoms with Crippen molar-refractivity contribution >= 4 is 28.4 Å². The number of rotatable bonds is 4. The van der Waals surface area contributed by atoms with Crippen LogP contribution in [0.5, 0.6) is 0 Å². The molecular formula is C14H15ClN2O. The van der Waals surface area contributed by atoms with Crippen molar-refractivity contribution in [1.29, 1.82) is 0 Å². The normalized spacial score (nSPS) is 10.6. The molecule has 2 N–H and O–H groups in total. The van der Waals surface area contributed by atoms with E-state index in [4.69, 9.17) is 11.6 Å². The minimum atomic E-state index is -0.0512. The number of hydrogen-bond donors (Lipinski definition) is 2. The molecule has 2 rings (SSSR count). The van der Waals surface area contributed by atoms with Gasteiger partial charge in [-0.25, -0.2) is 0 Å². The number of carbonyl (C=O) groups is 1. The van der Waals surface area contributed by atoms with E-state index in [0.29, 0.717) is 18.0 Å². The summed E-state index contributed by atoms with van der Waals surface area (Å²) in [5, 5.41) is 4.25. The second kappa shape index (κ2) is 5.27. The fourth-order valence-corrected chi connectivity index (χ4v) is 2.05. The van der Waals surface area contributed by atoms with Crippen LogP contribution in [0.3, 0.4) is 0 Å². The predicted molar refractivity (Wildman–Crippen MR) is 74.7 cm³/mol. The maximum atomic E-state index is 11.8. The van der Waals surface area contributed by atoms with Crippen LogP contribution in [0.4, 0.5) is 0 Å². The number of para-hydroxylation sites is 1. The van der Waals surface area contributed by atoms with Gasteiger partial charge in [-0.3, -0.25) is 4.79 Å². The number of aryl methyl sites for hydroxylation is 1. The predicted octanol–water partition coefficient (Wildman–Crippen LogP) is 2.89. The van der Waals surface area contributed by atoms with Gasteiger partial charge < -0.3 is 10.3 Å². The van der Waals surface area contributed by atoms with Crippen LogP contribution in [0.25, 0.3) is 10.9 Å². The van der Waals surface area contributed by atoms with E-state index in [9.17, 15) is 4.79 Å². The highest BCUT2D eigenvalue weighted by molar-refractivity contribution is 6.29. The van der Waals surface area contributed by atoms with Gasteiger partial charge in [0.2, 0.25) is 5.91 Å². The van der Waals surface area contributed by atoms with Crippen LogP contribution in [0.1, 0.15) is 11.3 Å². The van der Waals surface area contributed by atoms with Crippen LogP contribution < -0.4 is 5.32 Å². The summed E-state index contributed by atoms with van der Waals surface area (Å²) >= 11 is 5.61. The van der Waals surface area contributed by atoms with Crippen LogP contribution in [-0.4, -0.2) is 17.4 Å². The zero-order chi connectivity index (χ0) is 13.1. The molecular weight excluding hydrogens is 248 g/mol. The topological polar surface area (TPSA) is 44.9 Å². The average Bonchev–Trinajstić information content (AvgIpc) is 2.64. The van der Waals surface area contributed by atoms with Gasteiger partial charge in [0.05, 0.1) is 13.0 Å². The Labute approximate surface area is 111 Å². The highest BCUT2D eigenvalue weighted by Crippen LogP contribution is 2.22. The number of hydrogen-bond acceptors (Lipinski definition) is 1. The van der Waals surface area contributed by atoms with Crippen molar-refractivity contribution in [2.45, 2.75) is 13.3 Å². The van der Waals surface area contributed by atoms with Crippen LogP contribution in [0.15, 0.2) is 35.9 Å². The van der Waals surface area contributed by atoms with E-state index in [-0.39, 0.29) is 5.91 Å². The SMILES string of the molecule is C=C(Cl)CNC(=O)Cc1c(C)[nH]c2ccccc12. The minimum Gasteiger partial charge on any atom is -0.358 e. The number of fused-ring (bicyclic) bond motifs is 1. The van der Waals surface area contributed by atoms with Gasteiger partial charge in [0.25, 0.3) is 0 Å². The molecule has 3 nitrogen and oxygen atoms in total. The second-order valence-corrected chi connectivity index (χ2v) is 4.78. The van der Waals surface area contributed by atoms with Crippen LogP contribution in [0, 0.1) is 6.92 Å². The highest BCUT2D eigenvalue weighted by atomic mass is 35.5. The number of benzene rings is 1. The molecule has 0 unspecified atom stereocenters. The second-order valence-electron chi connectivity index (χ2n) is 4.24. The summed E-state index contributed by atoms with van der Waals surface area (Å²) in [6, 6.07) is 7.96. The van der Waals surface area contributed by atoms with Gasteiger partial charge in [0, 0.05) is 21.6 Å². The third-order valence-electron chi connectivity index (χ3n) is 2.84. The van der Waals surface area contributed by atoms with Crippen molar-refractivity contribution in [3.8, 4) is 0 Å². The Balaban J connectivity index is 2.18. The summed E-state index contributed by atoms with van der Waals surface area (Å²) in [6.07, 6.45) is 0.347. The lowest BCUT2D eigenvalue weighted by molar-refractivity contribution is -0.120. The van der Waals surface area contributed by atoms with Gasteiger partial charge in [-0.2, -0.15) is 0 Å². The largest absolute Gasteiger partial charge is 0.358 e. The molecule has 1 aromatic carbocycles. The summed E-state index contributed by atoms with van der Waals surface area (Å²) in [4.78, 5) is 15.1. The average molecular weight is 263 g/mol. The fraction of sp³-hybridized carbons (Fsp3) is 0.214. The third-order valence-corrected chi connectivity index (χ3v) is 2.98. The number of halogens is 1. The molecule has 2 aromatic rings. The Hall–Kier alpha value is -1.74. The van der Waals surface area contributed by atoms with Crippen LogP contribution >= 0.6 is 11.6 Å². The molecule has 4 heteroatoms. The lowest BCUT2D eigenvalue weighted by Gasteiger charge is -2.04. The number of H-pyrrole nitrogens is 1. The molecule has 0 aliphatic rings. The molecule has 0 saturated heterocycles. The lowest BCUT2D eigenvalue weighted by atomic mass is 10.1. The lowest BCUT2D eigenvalue weighted by Crippen LogP contribution is -2.26. The van der Waals surface area contributed by atoms with Crippen LogP contribution in [0.2, 0.25) is 0 Å². The fourth-order valence-electron chi connectivity index (χ4n) is 1.98. The summed E-state index contributed by atoms with van der Waals surface area (Å²) in [7, 11) is 0. The monoisotopic (exact) mass is 262 g/mol. The standard InChI is InChI=1S/C14H15ClN2O/c1-9(15)8-16-14(18)7-12-10(2)17-13-6-4-3-5-11(12)13/h3-6,17H,1,7-8H2,2H3,(H,16,18). The Bertz CT molecular complexity index is 601. The number of amides is 1. The van der Waals surface area contributed by atoms with Crippen molar-refractivity contribution in [3.63, 3.8) is 0 Å². The first kappa shape index (κ1) is 12.7. The first-order valence-electron chi connectivity index (χ1n) is 5.74. The van der Waals surface area contributed by atoms with Gasteiger partial charge in [-0.15, -0.1) is 0 Å². The summed E-state index contributed by atoms with van der Waals surface area (Å²) in [5.74, 6) is -0.0512.